The lowest BCUT2D eigenvalue weighted by atomic mass is 10.2. The normalized spacial score (nSPS) is 10.2. The van der Waals surface area contributed by atoms with Gasteiger partial charge in [0.1, 0.15) is 5.56 Å². The Morgan fingerprint density at radius 3 is 2.67 bits per heavy atom. The number of benzene rings is 1. The Bertz CT molecular complexity index is 587. The second kappa shape index (κ2) is 7.40. The van der Waals surface area contributed by atoms with E-state index in [-0.39, 0.29) is 19.1 Å². The van der Waals surface area contributed by atoms with Crippen molar-refractivity contribution in [2.45, 2.75) is 6.54 Å². The Morgan fingerprint density at radius 2 is 2.00 bits per heavy atom. The standard InChI is InChI=1S/C16H18N2O3/c1-21-15-14(8-5-9-17-15)16(20)18(10-11-19)12-13-6-3-2-4-7-13/h2-9,19H,10-12H2,1H3. The van der Waals surface area contributed by atoms with Crippen LogP contribution in [0, 0.1) is 0 Å². The lowest BCUT2D eigenvalue weighted by molar-refractivity contribution is 0.0703. The Labute approximate surface area is 123 Å². The first kappa shape index (κ1) is 15.0. The van der Waals surface area contributed by atoms with Gasteiger partial charge in [0.15, 0.2) is 0 Å². The molecule has 0 fully saturated rings. The first-order chi connectivity index (χ1) is 10.3. The number of aliphatic hydroxyl groups excluding tert-OH is 1. The number of aromatic nitrogens is 1. The minimum atomic E-state index is -0.210. The zero-order valence-corrected chi connectivity index (χ0v) is 11.9. The van der Waals surface area contributed by atoms with Gasteiger partial charge in [-0.1, -0.05) is 30.3 Å². The quantitative estimate of drug-likeness (QED) is 0.878. The third-order valence-corrected chi connectivity index (χ3v) is 3.07. The van der Waals surface area contributed by atoms with Gasteiger partial charge >= 0.3 is 0 Å². The molecule has 0 bridgehead atoms. The van der Waals surface area contributed by atoms with Crippen molar-refractivity contribution >= 4 is 5.91 Å². The Morgan fingerprint density at radius 1 is 1.24 bits per heavy atom. The third kappa shape index (κ3) is 3.79. The fraction of sp³-hybridized carbons (Fsp3) is 0.250. The highest BCUT2D eigenvalue weighted by Crippen LogP contribution is 2.17. The van der Waals surface area contributed by atoms with Crippen molar-refractivity contribution < 1.29 is 14.6 Å². The van der Waals surface area contributed by atoms with E-state index in [1.807, 2.05) is 30.3 Å². The maximum absolute atomic E-state index is 12.6. The van der Waals surface area contributed by atoms with Gasteiger partial charge in [-0.3, -0.25) is 4.79 Å². The number of methoxy groups -OCH3 is 1. The number of rotatable bonds is 6. The van der Waals surface area contributed by atoms with E-state index in [4.69, 9.17) is 4.74 Å². The number of aliphatic hydroxyl groups is 1. The maximum Gasteiger partial charge on any atom is 0.259 e. The van der Waals surface area contributed by atoms with E-state index in [9.17, 15) is 9.90 Å². The molecule has 0 saturated heterocycles. The SMILES string of the molecule is COc1ncccc1C(=O)N(CCO)Cc1ccccc1. The highest BCUT2D eigenvalue weighted by atomic mass is 16.5. The molecule has 0 aliphatic heterocycles. The van der Waals surface area contributed by atoms with Crippen LogP contribution in [0.5, 0.6) is 5.88 Å². The molecule has 5 heteroatoms. The monoisotopic (exact) mass is 286 g/mol. The van der Waals surface area contributed by atoms with Crippen molar-refractivity contribution in [3.05, 3.63) is 59.8 Å². The molecule has 2 aromatic rings. The lowest BCUT2D eigenvalue weighted by Crippen LogP contribution is -2.33. The second-order valence-corrected chi connectivity index (χ2v) is 4.50. The molecule has 0 unspecified atom stereocenters. The summed E-state index contributed by atoms with van der Waals surface area (Å²) in [5.41, 5.74) is 1.39. The average molecular weight is 286 g/mol. The zero-order chi connectivity index (χ0) is 15.1. The molecular formula is C16H18N2O3. The Hall–Kier alpha value is -2.40. The van der Waals surface area contributed by atoms with Crippen LogP contribution in [0.3, 0.4) is 0 Å². The fourth-order valence-corrected chi connectivity index (χ4v) is 2.06. The summed E-state index contributed by atoms with van der Waals surface area (Å²) in [6, 6.07) is 13.0. The summed E-state index contributed by atoms with van der Waals surface area (Å²) in [5, 5.41) is 9.20. The molecule has 21 heavy (non-hydrogen) atoms. The summed E-state index contributed by atoms with van der Waals surface area (Å²) in [5.74, 6) is 0.0800. The smallest absolute Gasteiger partial charge is 0.259 e. The van der Waals surface area contributed by atoms with Gasteiger partial charge in [0.25, 0.3) is 5.91 Å². The van der Waals surface area contributed by atoms with E-state index >= 15 is 0 Å². The predicted molar refractivity (Wildman–Crippen MR) is 79.1 cm³/mol. The van der Waals surface area contributed by atoms with Crippen LogP contribution >= 0.6 is 0 Å². The first-order valence-electron chi connectivity index (χ1n) is 6.69. The molecule has 0 spiro atoms. The van der Waals surface area contributed by atoms with Gasteiger partial charge in [0.2, 0.25) is 5.88 Å². The summed E-state index contributed by atoms with van der Waals surface area (Å²) in [6.07, 6.45) is 1.57. The van der Waals surface area contributed by atoms with Crippen molar-refractivity contribution in [3.63, 3.8) is 0 Å². The van der Waals surface area contributed by atoms with Crippen LogP contribution in [0.25, 0.3) is 0 Å². The molecule has 5 nitrogen and oxygen atoms in total. The summed E-state index contributed by atoms with van der Waals surface area (Å²) < 4.78 is 5.12. The van der Waals surface area contributed by atoms with Crippen LogP contribution in [-0.2, 0) is 6.54 Å². The van der Waals surface area contributed by atoms with Crippen LogP contribution < -0.4 is 4.74 Å². The molecule has 0 aliphatic rings. The van der Waals surface area contributed by atoms with Crippen molar-refractivity contribution in [1.82, 2.24) is 9.88 Å². The van der Waals surface area contributed by atoms with Gasteiger partial charge in [-0.15, -0.1) is 0 Å². The van der Waals surface area contributed by atoms with Gasteiger partial charge in [-0.2, -0.15) is 0 Å². The summed E-state index contributed by atoms with van der Waals surface area (Å²) >= 11 is 0. The van der Waals surface area contributed by atoms with Crippen LogP contribution in [-0.4, -0.2) is 41.2 Å². The number of ether oxygens (including phenoxy) is 1. The van der Waals surface area contributed by atoms with Crippen LogP contribution in [0.15, 0.2) is 48.7 Å². The predicted octanol–water partition coefficient (Wildman–Crippen LogP) is 1.72. The molecule has 0 aliphatic carbocycles. The molecule has 2 rings (SSSR count). The number of pyridine rings is 1. The number of carbonyl (C=O) groups is 1. The van der Waals surface area contributed by atoms with E-state index in [1.54, 1.807) is 23.2 Å². The molecule has 1 amide bonds. The number of carbonyl (C=O) groups excluding carboxylic acids is 1. The Balaban J connectivity index is 2.23. The molecule has 0 saturated carbocycles. The number of nitrogens with zero attached hydrogens (tertiary/aromatic N) is 2. The second-order valence-electron chi connectivity index (χ2n) is 4.50. The minimum absolute atomic E-state index is 0.0961. The summed E-state index contributed by atoms with van der Waals surface area (Å²) in [7, 11) is 1.48. The molecule has 1 heterocycles. The molecule has 0 radical (unpaired) electrons. The van der Waals surface area contributed by atoms with Gasteiger partial charge in [0.05, 0.1) is 13.7 Å². The Kier molecular flexibility index (Phi) is 5.29. The highest BCUT2D eigenvalue weighted by Gasteiger charge is 2.20. The van der Waals surface area contributed by atoms with Gasteiger partial charge < -0.3 is 14.7 Å². The van der Waals surface area contributed by atoms with Gasteiger partial charge in [0, 0.05) is 19.3 Å². The van der Waals surface area contributed by atoms with E-state index in [0.29, 0.717) is 18.0 Å². The van der Waals surface area contributed by atoms with Crippen molar-refractivity contribution in [2.24, 2.45) is 0 Å². The summed E-state index contributed by atoms with van der Waals surface area (Å²) in [4.78, 5) is 18.2. The van der Waals surface area contributed by atoms with Crippen molar-refractivity contribution in [1.29, 1.82) is 0 Å². The van der Waals surface area contributed by atoms with E-state index in [1.165, 1.54) is 7.11 Å². The molecular weight excluding hydrogens is 268 g/mol. The first-order valence-corrected chi connectivity index (χ1v) is 6.69. The van der Waals surface area contributed by atoms with Crippen LogP contribution in [0.4, 0.5) is 0 Å². The van der Waals surface area contributed by atoms with E-state index < -0.39 is 0 Å². The zero-order valence-electron chi connectivity index (χ0n) is 11.9. The van der Waals surface area contributed by atoms with Crippen molar-refractivity contribution in [3.8, 4) is 5.88 Å². The largest absolute Gasteiger partial charge is 0.480 e. The van der Waals surface area contributed by atoms with Crippen LogP contribution in [0.2, 0.25) is 0 Å². The highest BCUT2D eigenvalue weighted by molar-refractivity contribution is 5.96. The molecule has 0 atom stereocenters. The lowest BCUT2D eigenvalue weighted by Gasteiger charge is -2.22. The maximum atomic E-state index is 12.6. The number of hydrogen-bond donors (Lipinski definition) is 1. The molecule has 1 aromatic carbocycles. The number of amides is 1. The minimum Gasteiger partial charge on any atom is -0.480 e. The summed E-state index contributed by atoms with van der Waals surface area (Å²) in [6.45, 7) is 0.589. The topological polar surface area (TPSA) is 62.7 Å². The fourth-order valence-electron chi connectivity index (χ4n) is 2.06. The number of hydrogen-bond acceptors (Lipinski definition) is 4. The third-order valence-electron chi connectivity index (χ3n) is 3.07. The molecule has 1 aromatic heterocycles. The molecule has 1 N–H and O–H groups in total. The van der Waals surface area contributed by atoms with Gasteiger partial charge in [-0.05, 0) is 17.7 Å². The van der Waals surface area contributed by atoms with E-state index in [0.717, 1.165) is 5.56 Å². The average Bonchev–Trinajstić information content (AvgIpc) is 2.54. The van der Waals surface area contributed by atoms with Crippen molar-refractivity contribution in [2.75, 3.05) is 20.3 Å². The van der Waals surface area contributed by atoms with E-state index in [2.05, 4.69) is 4.98 Å². The van der Waals surface area contributed by atoms with Crippen LogP contribution in [0.1, 0.15) is 15.9 Å². The molecule has 110 valence electrons. The van der Waals surface area contributed by atoms with Gasteiger partial charge in [-0.25, -0.2) is 4.98 Å².